The number of hydrogen-bond donors (Lipinski definition) is 2. The van der Waals surface area contributed by atoms with Gasteiger partial charge >= 0.3 is 0 Å². The van der Waals surface area contributed by atoms with Gasteiger partial charge in [-0.25, -0.2) is 0 Å². The van der Waals surface area contributed by atoms with Gasteiger partial charge in [-0.2, -0.15) is 0 Å². The highest BCUT2D eigenvalue weighted by Crippen LogP contribution is 2.31. The molecule has 0 atom stereocenters. The molecule has 1 aliphatic rings. The molecule has 0 aliphatic heterocycles. The zero-order valence-corrected chi connectivity index (χ0v) is 12.8. The van der Waals surface area contributed by atoms with E-state index >= 15 is 0 Å². The number of H-pyrrole nitrogens is 1. The molecule has 1 fully saturated rings. The van der Waals surface area contributed by atoms with Crippen molar-refractivity contribution in [3.63, 3.8) is 0 Å². The number of nitrogens with one attached hydrogen (secondary N) is 2. The summed E-state index contributed by atoms with van der Waals surface area (Å²) in [6.07, 6.45) is 2.41. The fourth-order valence-electron chi connectivity index (χ4n) is 2.37. The number of methoxy groups -OCH3 is 2. The van der Waals surface area contributed by atoms with Crippen LogP contribution >= 0.6 is 0 Å². The van der Waals surface area contributed by atoms with Gasteiger partial charge in [0.05, 0.1) is 19.9 Å². The molecule has 0 amide bonds. The zero-order chi connectivity index (χ0) is 15.5. The average Bonchev–Trinajstić information content (AvgIpc) is 3.37. The first kappa shape index (κ1) is 14.7. The summed E-state index contributed by atoms with van der Waals surface area (Å²) in [7, 11) is 3.22. The maximum atomic E-state index is 12.2. The Morgan fingerprint density at radius 3 is 2.64 bits per heavy atom. The number of ether oxygens (including phenoxy) is 2. The molecule has 2 aromatic rings. The normalized spacial score (nSPS) is 13.9. The lowest BCUT2D eigenvalue weighted by Gasteiger charge is -2.11. The van der Waals surface area contributed by atoms with Crippen molar-refractivity contribution in [3.8, 4) is 22.8 Å². The van der Waals surface area contributed by atoms with Gasteiger partial charge in [-0.3, -0.25) is 4.79 Å². The number of pyridine rings is 1. The average molecular weight is 300 g/mol. The van der Waals surface area contributed by atoms with Gasteiger partial charge in [0.1, 0.15) is 11.5 Å². The van der Waals surface area contributed by atoms with Gasteiger partial charge in [0, 0.05) is 23.7 Å². The highest BCUT2D eigenvalue weighted by molar-refractivity contribution is 5.69. The fourth-order valence-corrected chi connectivity index (χ4v) is 2.37. The van der Waals surface area contributed by atoms with E-state index in [-0.39, 0.29) is 5.56 Å². The monoisotopic (exact) mass is 300 g/mol. The number of hydrogen-bond acceptors (Lipinski definition) is 4. The molecule has 0 spiro atoms. The van der Waals surface area contributed by atoms with Crippen LogP contribution in [0.15, 0.2) is 35.1 Å². The van der Waals surface area contributed by atoms with Crippen molar-refractivity contribution in [1.29, 1.82) is 0 Å². The Morgan fingerprint density at radius 2 is 2.00 bits per heavy atom. The molecule has 3 rings (SSSR count). The first-order chi connectivity index (χ1) is 10.7. The van der Waals surface area contributed by atoms with Crippen LogP contribution < -0.4 is 20.3 Å². The summed E-state index contributed by atoms with van der Waals surface area (Å²) < 4.78 is 10.6. The summed E-state index contributed by atoms with van der Waals surface area (Å²) >= 11 is 0. The van der Waals surface area contributed by atoms with Gasteiger partial charge in [0.2, 0.25) is 0 Å². The van der Waals surface area contributed by atoms with Crippen molar-refractivity contribution in [1.82, 2.24) is 10.3 Å². The van der Waals surface area contributed by atoms with Crippen LogP contribution in [0, 0.1) is 0 Å². The van der Waals surface area contributed by atoms with E-state index in [0.717, 1.165) is 22.6 Å². The van der Waals surface area contributed by atoms with Gasteiger partial charge in [-0.05, 0) is 37.1 Å². The minimum absolute atomic E-state index is 0.0736. The van der Waals surface area contributed by atoms with Crippen LogP contribution in [0.4, 0.5) is 0 Å². The Kier molecular flexibility index (Phi) is 4.15. The Balaban J connectivity index is 1.90. The van der Waals surface area contributed by atoms with E-state index in [1.807, 2.05) is 30.3 Å². The Labute approximate surface area is 129 Å². The van der Waals surface area contributed by atoms with Crippen LogP contribution in [0.1, 0.15) is 18.4 Å². The van der Waals surface area contributed by atoms with Crippen molar-refractivity contribution in [2.45, 2.75) is 25.4 Å². The second kappa shape index (κ2) is 6.23. The van der Waals surface area contributed by atoms with E-state index in [1.165, 1.54) is 12.8 Å². The summed E-state index contributed by atoms with van der Waals surface area (Å²) in [6, 6.07) is 9.86. The predicted octanol–water partition coefficient (Wildman–Crippen LogP) is 2.31. The molecule has 0 saturated heterocycles. The summed E-state index contributed by atoms with van der Waals surface area (Å²) in [5, 5.41) is 3.35. The molecule has 5 heteroatoms. The summed E-state index contributed by atoms with van der Waals surface area (Å²) in [4.78, 5) is 15.2. The van der Waals surface area contributed by atoms with Crippen molar-refractivity contribution in [3.05, 3.63) is 46.2 Å². The lowest BCUT2D eigenvalue weighted by atomic mass is 10.1. The summed E-state index contributed by atoms with van der Waals surface area (Å²) in [6.45, 7) is 0.607. The molecule has 0 radical (unpaired) electrons. The zero-order valence-electron chi connectivity index (χ0n) is 12.8. The third kappa shape index (κ3) is 3.14. The van der Waals surface area contributed by atoms with Crippen molar-refractivity contribution in [2.24, 2.45) is 0 Å². The second-order valence-corrected chi connectivity index (χ2v) is 5.45. The molecule has 1 aromatic heterocycles. The molecular weight excluding hydrogens is 280 g/mol. The molecule has 1 heterocycles. The number of aromatic amines is 1. The molecule has 116 valence electrons. The van der Waals surface area contributed by atoms with E-state index in [2.05, 4.69) is 10.3 Å². The third-order valence-corrected chi connectivity index (χ3v) is 3.85. The van der Waals surface area contributed by atoms with E-state index in [9.17, 15) is 4.79 Å². The van der Waals surface area contributed by atoms with Gasteiger partial charge in [-0.1, -0.05) is 6.07 Å². The maximum absolute atomic E-state index is 12.2. The first-order valence-electron chi connectivity index (χ1n) is 7.39. The molecular formula is C17H20N2O3. The Hall–Kier alpha value is -2.27. The van der Waals surface area contributed by atoms with Crippen LogP contribution in [0.3, 0.4) is 0 Å². The molecule has 1 saturated carbocycles. The Bertz CT molecular complexity index is 720. The van der Waals surface area contributed by atoms with E-state index in [0.29, 0.717) is 18.3 Å². The van der Waals surface area contributed by atoms with Gasteiger partial charge in [-0.15, -0.1) is 0 Å². The van der Waals surface area contributed by atoms with Crippen LogP contribution in [0.25, 0.3) is 11.3 Å². The Morgan fingerprint density at radius 1 is 1.18 bits per heavy atom. The summed E-state index contributed by atoms with van der Waals surface area (Å²) in [5.41, 5.74) is 2.20. The van der Waals surface area contributed by atoms with Crippen LogP contribution in [0.5, 0.6) is 11.5 Å². The predicted molar refractivity (Wildman–Crippen MR) is 85.5 cm³/mol. The van der Waals surface area contributed by atoms with E-state index in [4.69, 9.17) is 9.47 Å². The third-order valence-electron chi connectivity index (χ3n) is 3.85. The van der Waals surface area contributed by atoms with Crippen molar-refractivity contribution in [2.75, 3.05) is 14.2 Å². The maximum Gasteiger partial charge on any atom is 0.252 e. The highest BCUT2D eigenvalue weighted by Gasteiger charge is 2.20. The second-order valence-electron chi connectivity index (χ2n) is 5.45. The first-order valence-corrected chi connectivity index (χ1v) is 7.39. The van der Waals surface area contributed by atoms with Crippen molar-refractivity contribution >= 4 is 0 Å². The molecule has 1 aromatic carbocycles. The van der Waals surface area contributed by atoms with Crippen molar-refractivity contribution < 1.29 is 9.47 Å². The quantitative estimate of drug-likeness (QED) is 0.859. The van der Waals surface area contributed by atoms with Gasteiger partial charge in [0.25, 0.3) is 5.56 Å². The number of aromatic nitrogens is 1. The minimum atomic E-state index is -0.0736. The highest BCUT2D eigenvalue weighted by atomic mass is 16.5. The number of rotatable bonds is 6. The van der Waals surface area contributed by atoms with Crippen LogP contribution in [0.2, 0.25) is 0 Å². The summed E-state index contributed by atoms with van der Waals surface area (Å²) in [5.74, 6) is 1.41. The van der Waals surface area contributed by atoms with Crippen LogP contribution in [-0.2, 0) is 6.54 Å². The van der Waals surface area contributed by atoms with E-state index < -0.39 is 0 Å². The number of benzene rings is 1. The molecule has 0 unspecified atom stereocenters. The van der Waals surface area contributed by atoms with Gasteiger partial charge in [0.15, 0.2) is 0 Å². The van der Waals surface area contributed by atoms with E-state index in [1.54, 1.807) is 14.2 Å². The SMILES string of the molecule is COc1ccc(OC)c(-c2ccc(CNC3CC3)c(=O)[nH]2)c1. The minimum Gasteiger partial charge on any atom is -0.497 e. The standard InChI is InChI=1S/C17H20N2O3/c1-21-13-6-8-16(22-2)14(9-13)15-7-3-11(17(20)19-15)10-18-12-4-5-12/h3,6-9,12,18H,4-5,10H2,1-2H3,(H,19,20). The molecule has 1 aliphatic carbocycles. The molecule has 5 nitrogen and oxygen atoms in total. The smallest absolute Gasteiger partial charge is 0.252 e. The molecule has 0 bridgehead atoms. The lowest BCUT2D eigenvalue weighted by Crippen LogP contribution is -2.22. The molecule has 22 heavy (non-hydrogen) atoms. The topological polar surface area (TPSA) is 63.4 Å². The molecule has 2 N–H and O–H groups in total. The largest absolute Gasteiger partial charge is 0.497 e. The fraction of sp³-hybridized carbons (Fsp3) is 0.353. The lowest BCUT2D eigenvalue weighted by molar-refractivity contribution is 0.404. The van der Waals surface area contributed by atoms with Crippen LogP contribution in [-0.4, -0.2) is 25.2 Å². The van der Waals surface area contributed by atoms with Gasteiger partial charge < -0.3 is 19.8 Å².